The Bertz CT molecular complexity index is 885. The molecule has 33 heavy (non-hydrogen) atoms. The Morgan fingerprint density at radius 2 is 1.73 bits per heavy atom. The van der Waals surface area contributed by atoms with Crippen molar-refractivity contribution in [3.63, 3.8) is 0 Å². The maximum atomic E-state index is 12.9. The van der Waals surface area contributed by atoms with Gasteiger partial charge in [0.2, 0.25) is 0 Å². The fourth-order valence-corrected chi connectivity index (χ4v) is 4.46. The summed E-state index contributed by atoms with van der Waals surface area (Å²) in [7, 11) is 0. The van der Waals surface area contributed by atoms with Crippen LogP contribution in [0.4, 0.5) is 10.5 Å². The van der Waals surface area contributed by atoms with Crippen LogP contribution in [0.3, 0.4) is 0 Å². The van der Waals surface area contributed by atoms with Crippen molar-refractivity contribution in [3.05, 3.63) is 48.3 Å². The van der Waals surface area contributed by atoms with E-state index in [2.05, 4.69) is 15.3 Å². The molecule has 0 unspecified atom stereocenters. The summed E-state index contributed by atoms with van der Waals surface area (Å²) in [6.45, 7) is 8.06. The minimum absolute atomic E-state index is 0.0187. The van der Waals surface area contributed by atoms with Crippen LogP contribution in [0.1, 0.15) is 30.1 Å². The first-order chi connectivity index (χ1) is 16.1. The molecule has 0 bridgehead atoms. The van der Waals surface area contributed by atoms with Crippen molar-refractivity contribution in [2.24, 2.45) is 0 Å². The molecular formula is C24H34N6O3. The molecule has 3 heterocycles. The minimum atomic E-state index is -0.300. The molecule has 0 spiro atoms. The molecule has 0 radical (unpaired) electrons. The number of hydrogen-bond donors (Lipinski definition) is 1. The first kappa shape index (κ1) is 23.1. The van der Waals surface area contributed by atoms with Crippen LogP contribution in [0.25, 0.3) is 0 Å². The molecular weight excluding hydrogens is 420 g/mol. The van der Waals surface area contributed by atoms with Gasteiger partial charge in [0.25, 0.3) is 5.91 Å². The molecule has 2 aromatic rings. The predicted molar refractivity (Wildman–Crippen MR) is 126 cm³/mol. The molecule has 1 N–H and O–H groups in total. The van der Waals surface area contributed by atoms with Gasteiger partial charge in [0, 0.05) is 75.5 Å². The van der Waals surface area contributed by atoms with Crippen LogP contribution in [-0.4, -0.2) is 90.0 Å². The molecule has 9 heteroatoms. The van der Waals surface area contributed by atoms with Gasteiger partial charge >= 0.3 is 6.09 Å². The third-order valence-electron chi connectivity index (χ3n) is 6.40. The van der Waals surface area contributed by atoms with Crippen LogP contribution in [0, 0.1) is 0 Å². The maximum absolute atomic E-state index is 12.9. The summed E-state index contributed by atoms with van der Waals surface area (Å²) in [4.78, 5) is 30.6. The van der Waals surface area contributed by atoms with Gasteiger partial charge in [-0.3, -0.25) is 9.48 Å². The average molecular weight is 455 g/mol. The quantitative estimate of drug-likeness (QED) is 0.690. The number of carbonyl (C=O) groups excluding carboxylic acids is 2. The molecule has 1 aromatic carbocycles. The number of piperidine rings is 1. The Morgan fingerprint density at radius 3 is 2.36 bits per heavy atom. The number of anilines is 1. The largest absolute Gasteiger partial charge is 0.450 e. The number of amides is 2. The summed E-state index contributed by atoms with van der Waals surface area (Å²) in [6, 6.07) is 10.4. The van der Waals surface area contributed by atoms with Crippen molar-refractivity contribution in [2.75, 3.05) is 57.3 Å². The molecule has 0 aliphatic carbocycles. The highest BCUT2D eigenvalue weighted by molar-refractivity contribution is 5.94. The van der Waals surface area contributed by atoms with Gasteiger partial charge in [0.1, 0.15) is 0 Å². The molecule has 178 valence electrons. The summed E-state index contributed by atoms with van der Waals surface area (Å²) in [5.74, 6) is 0.0187. The Morgan fingerprint density at radius 1 is 1.03 bits per heavy atom. The highest BCUT2D eigenvalue weighted by atomic mass is 16.6. The molecule has 1 aromatic heterocycles. The average Bonchev–Trinajstić information content (AvgIpc) is 3.38. The van der Waals surface area contributed by atoms with Crippen molar-refractivity contribution < 1.29 is 14.3 Å². The van der Waals surface area contributed by atoms with E-state index in [0.29, 0.717) is 44.4 Å². The smallest absolute Gasteiger partial charge is 0.409 e. The van der Waals surface area contributed by atoms with Gasteiger partial charge in [-0.1, -0.05) is 0 Å². The Hall–Kier alpha value is -3.07. The van der Waals surface area contributed by atoms with E-state index in [1.807, 2.05) is 52.3 Å². The van der Waals surface area contributed by atoms with E-state index in [9.17, 15) is 9.59 Å². The van der Waals surface area contributed by atoms with Gasteiger partial charge in [-0.2, -0.15) is 5.10 Å². The summed E-state index contributed by atoms with van der Waals surface area (Å²) < 4.78 is 6.99. The van der Waals surface area contributed by atoms with Gasteiger partial charge in [-0.15, -0.1) is 0 Å². The van der Waals surface area contributed by atoms with E-state index in [4.69, 9.17) is 4.74 Å². The lowest BCUT2D eigenvalue weighted by Gasteiger charge is -2.35. The van der Waals surface area contributed by atoms with Gasteiger partial charge in [-0.05, 0) is 50.1 Å². The lowest BCUT2D eigenvalue weighted by Crippen LogP contribution is -2.50. The summed E-state index contributed by atoms with van der Waals surface area (Å²) in [5.41, 5.74) is 1.85. The Balaban J connectivity index is 1.21. The number of rotatable bonds is 7. The molecule has 2 amide bonds. The summed E-state index contributed by atoms with van der Waals surface area (Å²) >= 11 is 0. The standard InChI is InChI=1S/C24H34N6O3/c1-2-33-24(32)29-18-16-28(17-19-29)23(31)20-4-6-22(7-5-20)27-13-8-21(9-14-27)25-11-15-30-12-3-10-26-30/h3-7,10,12,21,25H,2,8-9,11,13-19H2,1H3. The zero-order chi connectivity index (χ0) is 23.0. The van der Waals surface area contributed by atoms with Gasteiger partial charge in [0.15, 0.2) is 0 Å². The third kappa shape index (κ3) is 6.04. The number of piperazine rings is 1. The second-order valence-electron chi connectivity index (χ2n) is 8.51. The molecule has 0 saturated carbocycles. The lowest BCUT2D eigenvalue weighted by atomic mass is 10.0. The number of hydrogen-bond acceptors (Lipinski definition) is 6. The molecule has 9 nitrogen and oxygen atoms in total. The van der Waals surface area contributed by atoms with E-state index >= 15 is 0 Å². The normalized spacial score (nSPS) is 17.3. The van der Waals surface area contributed by atoms with Gasteiger partial charge < -0.3 is 24.8 Å². The number of nitrogens with zero attached hydrogens (tertiary/aromatic N) is 5. The number of benzene rings is 1. The van der Waals surface area contributed by atoms with Gasteiger partial charge in [-0.25, -0.2) is 4.79 Å². The predicted octanol–water partition coefficient (Wildman–Crippen LogP) is 2.06. The second-order valence-corrected chi connectivity index (χ2v) is 8.51. The van der Waals surface area contributed by atoms with Crippen LogP contribution in [0.2, 0.25) is 0 Å². The van der Waals surface area contributed by atoms with Crippen molar-refractivity contribution in [1.82, 2.24) is 24.9 Å². The maximum Gasteiger partial charge on any atom is 0.409 e. The zero-order valence-corrected chi connectivity index (χ0v) is 19.4. The van der Waals surface area contributed by atoms with E-state index in [1.54, 1.807) is 11.8 Å². The monoisotopic (exact) mass is 454 g/mol. The van der Waals surface area contributed by atoms with Crippen molar-refractivity contribution >= 4 is 17.7 Å². The SMILES string of the molecule is CCOC(=O)N1CCN(C(=O)c2ccc(N3CCC(NCCn4cccn4)CC3)cc2)CC1. The van der Waals surface area contributed by atoms with Crippen LogP contribution in [-0.2, 0) is 11.3 Å². The van der Waals surface area contributed by atoms with E-state index in [0.717, 1.165) is 44.7 Å². The van der Waals surface area contributed by atoms with E-state index in [-0.39, 0.29) is 12.0 Å². The molecule has 2 aliphatic rings. The third-order valence-corrected chi connectivity index (χ3v) is 6.40. The number of carbonyl (C=O) groups is 2. The van der Waals surface area contributed by atoms with E-state index < -0.39 is 0 Å². The Kier molecular flexibility index (Phi) is 7.83. The molecule has 2 saturated heterocycles. The van der Waals surface area contributed by atoms with Gasteiger partial charge in [0.05, 0.1) is 13.2 Å². The lowest BCUT2D eigenvalue weighted by molar-refractivity contribution is 0.0570. The highest BCUT2D eigenvalue weighted by Gasteiger charge is 2.26. The first-order valence-corrected chi connectivity index (χ1v) is 11.9. The van der Waals surface area contributed by atoms with Crippen molar-refractivity contribution in [2.45, 2.75) is 32.4 Å². The van der Waals surface area contributed by atoms with E-state index in [1.165, 1.54) is 0 Å². The highest BCUT2D eigenvalue weighted by Crippen LogP contribution is 2.21. The molecule has 4 rings (SSSR count). The number of ether oxygens (including phenoxy) is 1. The Labute approximate surface area is 195 Å². The fraction of sp³-hybridized carbons (Fsp3) is 0.542. The number of aromatic nitrogens is 2. The van der Waals surface area contributed by atoms with Crippen LogP contribution in [0.5, 0.6) is 0 Å². The minimum Gasteiger partial charge on any atom is -0.450 e. The molecule has 2 aliphatic heterocycles. The first-order valence-electron chi connectivity index (χ1n) is 11.9. The zero-order valence-electron chi connectivity index (χ0n) is 19.4. The fourth-order valence-electron chi connectivity index (χ4n) is 4.46. The number of nitrogens with one attached hydrogen (secondary N) is 1. The topological polar surface area (TPSA) is 82.9 Å². The van der Waals surface area contributed by atoms with Crippen molar-refractivity contribution in [3.8, 4) is 0 Å². The summed E-state index contributed by atoms with van der Waals surface area (Å²) in [6.07, 6.45) is 5.70. The summed E-state index contributed by atoms with van der Waals surface area (Å²) in [5, 5.41) is 7.88. The second kappa shape index (κ2) is 11.2. The molecule has 0 atom stereocenters. The van der Waals surface area contributed by atoms with Crippen LogP contribution < -0.4 is 10.2 Å². The molecule has 2 fully saturated rings. The van der Waals surface area contributed by atoms with Crippen LogP contribution in [0.15, 0.2) is 42.7 Å². The van der Waals surface area contributed by atoms with Crippen LogP contribution >= 0.6 is 0 Å². The van der Waals surface area contributed by atoms with Crippen molar-refractivity contribution in [1.29, 1.82) is 0 Å².